The number of hydrogen-bond acceptors (Lipinski definition) is 5. The Kier molecular flexibility index (Phi) is 4.54. The summed E-state index contributed by atoms with van der Waals surface area (Å²) in [6.45, 7) is 0.143. The molecule has 2 aliphatic rings. The van der Waals surface area contributed by atoms with Gasteiger partial charge in [-0.05, 0) is 24.3 Å². The Balaban J connectivity index is 1.27. The number of imide groups is 1. The summed E-state index contributed by atoms with van der Waals surface area (Å²) < 4.78 is 1.01. The number of hydrogen-bond donors (Lipinski definition) is 1. The molecule has 5 rings (SSSR count). The van der Waals surface area contributed by atoms with Crippen LogP contribution in [0.25, 0.3) is 21.0 Å². The van der Waals surface area contributed by atoms with Gasteiger partial charge >= 0.3 is 0 Å². The third-order valence-electron chi connectivity index (χ3n) is 6.02. The van der Waals surface area contributed by atoms with Crippen molar-refractivity contribution in [1.82, 2.24) is 9.88 Å². The Labute approximate surface area is 171 Å². The van der Waals surface area contributed by atoms with Crippen molar-refractivity contribution in [3.63, 3.8) is 0 Å². The summed E-state index contributed by atoms with van der Waals surface area (Å²) in [4.78, 5) is 43.4. The first-order valence-electron chi connectivity index (χ1n) is 10.1. The maximum Gasteiger partial charge on any atom is 0.233 e. The molecular weight excluding hydrogens is 386 g/mol. The van der Waals surface area contributed by atoms with Gasteiger partial charge in [-0.2, -0.15) is 0 Å². The van der Waals surface area contributed by atoms with Crippen LogP contribution >= 0.6 is 11.3 Å². The minimum atomic E-state index is -0.233. The number of thiazole rings is 1. The van der Waals surface area contributed by atoms with E-state index < -0.39 is 0 Å². The average molecular weight is 407 g/mol. The van der Waals surface area contributed by atoms with Gasteiger partial charge in [0.15, 0.2) is 5.13 Å². The fraction of sp³-hybridized carbons (Fsp3) is 0.364. The highest BCUT2D eigenvalue weighted by molar-refractivity contribution is 7.22. The van der Waals surface area contributed by atoms with E-state index in [0.717, 1.165) is 46.7 Å². The van der Waals surface area contributed by atoms with Gasteiger partial charge in [0.25, 0.3) is 0 Å². The van der Waals surface area contributed by atoms with Gasteiger partial charge in [0.05, 0.1) is 22.1 Å². The van der Waals surface area contributed by atoms with E-state index in [1.165, 1.54) is 16.2 Å². The number of benzene rings is 2. The maximum atomic E-state index is 12.5. The number of rotatable bonds is 4. The molecule has 1 aliphatic carbocycles. The summed E-state index contributed by atoms with van der Waals surface area (Å²) in [5.74, 6) is -0.768. The van der Waals surface area contributed by atoms with Crippen molar-refractivity contribution < 1.29 is 14.4 Å². The van der Waals surface area contributed by atoms with Crippen molar-refractivity contribution in [2.75, 3.05) is 11.9 Å². The number of fused-ring (bicyclic) bond motifs is 4. The van der Waals surface area contributed by atoms with E-state index in [-0.39, 0.29) is 42.5 Å². The molecule has 1 saturated heterocycles. The molecule has 2 atom stereocenters. The molecule has 7 heteroatoms. The summed E-state index contributed by atoms with van der Waals surface area (Å²) >= 11 is 1.43. The van der Waals surface area contributed by atoms with Crippen molar-refractivity contribution in [2.24, 2.45) is 11.8 Å². The van der Waals surface area contributed by atoms with Gasteiger partial charge in [-0.25, -0.2) is 4.98 Å². The Hall–Kier alpha value is -2.80. The smallest absolute Gasteiger partial charge is 0.233 e. The molecule has 148 valence electrons. The van der Waals surface area contributed by atoms with Crippen LogP contribution in [-0.2, 0) is 14.4 Å². The number of nitrogens with zero attached hydrogens (tertiary/aromatic N) is 2. The minimum Gasteiger partial charge on any atom is -0.302 e. The molecule has 1 aliphatic heterocycles. The molecule has 1 N–H and O–H groups in total. The molecule has 3 aromatic rings. The Morgan fingerprint density at radius 3 is 2.55 bits per heavy atom. The molecule has 2 heterocycles. The summed E-state index contributed by atoms with van der Waals surface area (Å²) in [6, 6.07) is 12.1. The lowest BCUT2D eigenvalue weighted by molar-refractivity contribution is -0.140. The lowest BCUT2D eigenvalue weighted by Gasteiger charge is -2.19. The molecule has 29 heavy (non-hydrogen) atoms. The van der Waals surface area contributed by atoms with Crippen molar-refractivity contribution in [3.8, 4) is 0 Å². The molecule has 3 amide bonds. The number of carbonyl (C=O) groups is 3. The van der Waals surface area contributed by atoms with E-state index in [2.05, 4.69) is 10.3 Å². The SMILES string of the molecule is O=C(CCN1C(=O)[C@H]2CCCC[C@@H]2C1=O)Nc1nc2c(ccc3ccccc32)s1. The zero-order valence-electron chi connectivity index (χ0n) is 15.9. The maximum absolute atomic E-state index is 12.5. The Morgan fingerprint density at radius 1 is 1.07 bits per heavy atom. The van der Waals surface area contributed by atoms with Gasteiger partial charge in [-0.3, -0.25) is 19.3 Å². The zero-order valence-corrected chi connectivity index (χ0v) is 16.7. The number of nitrogens with one attached hydrogen (secondary N) is 1. The van der Waals surface area contributed by atoms with Crippen LogP contribution in [0.1, 0.15) is 32.1 Å². The van der Waals surface area contributed by atoms with Crippen LogP contribution in [-0.4, -0.2) is 34.2 Å². The number of anilines is 1. The molecule has 0 unspecified atom stereocenters. The summed E-state index contributed by atoms with van der Waals surface area (Å²) in [7, 11) is 0. The highest BCUT2D eigenvalue weighted by Gasteiger charge is 2.47. The second-order valence-corrected chi connectivity index (χ2v) is 8.81. The molecule has 0 spiro atoms. The van der Waals surface area contributed by atoms with E-state index in [9.17, 15) is 14.4 Å². The van der Waals surface area contributed by atoms with Crippen LogP contribution in [0.2, 0.25) is 0 Å². The van der Waals surface area contributed by atoms with Gasteiger partial charge in [0.2, 0.25) is 17.7 Å². The van der Waals surface area contributed by atoms with Gasteiger partial charge in [0, 0.05) is 18.4 Å². The molecular formula is C22H21N3O3S. The third kappa shape index (κ3) is 3.19. The largest absolute Gasteiger partial charge is 0.302 e. The first kappa shape index (κ1) is 18.2. The van der Waals surface area contributed by atoms with Crippen LogP contribution in [0.4, 0.5) is 5.13 Å². The molecule has 2 fully saturated rings. The number of amides is 3. The number of carbonyl (C=O) groups excluding carboxylic acids is 3. The average Bonchev–Trinajstić information content (AvgIpc) is 3.26. The molecule has 2 aromatic carbocycles. The second-order valence-electron chi connectivity index (χ2n) is 7.78. The van der Waals surface area contributed by atoms with E-state index in [0.29, 0.717) is 5.13 Å². The molecule has 0 radical (unpaired) electrons. The lowest BCUT2D eigenvalue weighted by atomic mass is 9.81. The first-order chi connectivity index (χ1) is 14.1. The number of likely N-dealkylation sites (tertiary alicyclic amines) is 1. The topological polar surface area (TPSA) is 79.4 Å². The highest BCUT2D eigenvalue weighted by Crippen LogP contribution is 2.38. The molecule has 6 nitrogen and oxygen atoms in total. The molecule has 1 aromatic heterocycles. The van der Waals surface area contributed by atoms with Gasteiger partial charge in [0.1, 0.15) is 0 Å². The molecule has 0 bridgehead atoms. The fourth-order valence-electron chi connectivity index (χ4n) is 4.56. The summed E-state index contributed by atoms with van der Waals surface area (Å²) in [5.41, 5.74) is 0.873. The van der Waals surface area contributed by atoms with Gasteiger partial charge in [-0.1, -0.05) is 54.5 Å². The first-order valence-corrected chi connectivity index (χ1v) is 10.9. The Bertz CT molecular complexity index is 1110. The number of aromatic nitrogens is 1. The molecule has 1 saturated carbocycles. The summed E-state index contributed by atoms with van der Waals surface area (Å²) in [6.07, 6.45) is 3.67. The minimum absolute atomic E-state index is 0.0909. The Morgan fingerprint density at radius 2 is 1.79 bits per heavy atom. The standard InChI is InChI=1S/C22H21N3O3S/c26-18(11-12-25-20(27)15-7-3-4-8-16(15)21(25)28)23-22-24-19-14-6-2-1-5-13(14)9-10-17(19)29-22/h1-2,5-6,9-10,15-16H,3-4,7-8,11-12H2,(H,23,24,26)/t15-,16-/m0/s1. The normalized spacial score (nSPS) is 21.7. The predicted octanol–water partition coefficient (Wildman–Crippen LogP) is 3.95. The van der Waals surface area contributed by atoms with E-state index >= 15 is 0 Å². The van der Waals surface area contributed by atoms with Gasteiger partial charge in [-0.15, -0.1) is 0 Å². The van der Waals surface area contributed by atoms with E-state index in [1.54, 1.807) is 0 Å². The predicted molar refractivity (Wildman–Crippen MR) is 113 cm³/mol. The van der Waals surface area contributed by atoms with Crippen LogP contribution in [0, 0.1) is 11.8 Å². The fourth-order valence-corrected chi connectivity index (χ4v) is 5.46. The van der Waals surface area contributed by atoms with Crippen molar-refractivity contribution in [1.29, 1.82) is 0 Å². The monoisotopic (exact) mass is 407 g/mol. The van der Waals surface area contributed by atoms with E-state index in [4.69, 9.17) is 0 Å². The van der Waals surface area contributed by atoms with Crippen LogP contribution in [0.5, 0.6) is 0 Å². The third-order valence-corrected chi connectivity index (χ3v) is 6.96. The highest BCUT2D eigenvalue weighted by atomic mass is 32.1. The van der Waals surface area contributed by atoms with Crippen molar-refractivity contribution in [3.05, 3.63) is 36.4 Å². The van der Waals surface area contributed by atoms with Crippen molar-refractivity contribution >= 4 is 55.2 Å². The zero-order chi connectivity index (χ0) is 20.0. The van der Waals surface area contributed by atoms with Crippen LogP contribution in [0.3, 0.4) is 0 Å². The summed E-state index contributed by atoms with van der Waals surface area (Å²) in [5, 5.41) is 5.53. The van der Waals surface area contributed by atoms with Gasteiger partial charge < -0.3 is 5.32 Å². The second kappa shape index (κ2) is 7.22. The quantitative estimate of drug-likeness (QED) is 0.664. The van der Waals surface area contributed by atoms with Crippen LogP contribution < -0.4 is 5.32 Å². The van der Waals surface area contributed by atoms with E-state index in [1.807, 2.05) is 36.4 Å². The van der Waals surface area contributed by atoms with Crippen molar-refractivity contribution in [2.45, 2.75) is 32.1 Å². The van der Waals surface area contributed by atoms with Crippen LogP contribution in [0.15, 0.2) is 36.4 Å². The lowest BCUT2D eigenvalue weighted by Crippen LogP contribution is -2.34.